The lowest BCUT2D eigenvalue weighted by Crippen LogP contribution is -2.49. The summed E-state index contributed by atoms with van der Waals surface area (Å²) in [5.74, 6) is 2.25. The average molecular weight is 472 g/mol. The predicted molar refractivity (Wildman–Crippen MR) is 129 cm³/mol. The molecule has 0 unspecified atom stereocenters. The van der Waals surface area contributed by atoms with Gasteiger partial charge in [0, 0.05) is 50.8 Å². The van der Waals surface area contributed by atoms with Gasteiger partial charge in [-0.1, -0.05) is 23.7 Å². The van der Waals surface area contributed by atoms with Crippen molar-refractivity contribution in [1.82, 2.24) is 9.80 Å². The van der Waals surface area contributed by atoms with Gasteiger partial charge < -0.3 is 19.1 Å². The number of piperazine rings is 1. The van der Waals surface area contributed by atoms with Crippen LogP contribution >= 0.6 is 11.6 Å². The van der Waals surface area contributed by atoms with Crippen LogP contribution in [0.4, 0.5) is 5.69 Å². The van der Waals surface area contributed by atoms with Gasteiger partial charge in [0.25, 0.3) is 0 Å². The molecule has 2 aliphatic heterocycles. The molecule has 33 heavy (non-hydrogen) atoms. The minimum atomic E-state index is -0.158. The summed E-state index contributed by atoms with van der Waals surface area (Å²) < 4.78 is 16.8. The van der Waals surface area contributed by atoms with Gasteiger partial charge in [-0.25, -0.2) is 4.99 Å². The second kappa shape index (κ2) is 11.5. The smallest absolute Gasteiger partial charge is 0.305 e. The molecule has 2 aromatic rings. The predicted octanol–water partition coefficient (Wildman–Crippen LogP) is 4.50. The number of amidine groups is 1. The fourth-order valence-corrected chi connectivity index (χ4v) is 4.14. The first-order valence-corrected chi connectivity index (χ1v) is 11.9. The second-order valence-corrected chi connectivity index (χ2v) is 8.43. The Hall–Kier alpha value is -2.61. The second-order valence-electron chi connectivity index (χ2n) is 8.00. The third kappa shape index (κ3) is 6.25. The minimum Gasteiger partial charge on any atom is -0.466 e. The first kappa shape index (κ1) is 23.5. The third-order valence-corrected chi connectivity index (χ3v) is 5.93. The van der Waals surface area contributed by atoms with E-state index >= 15 is 0 Å². The van der Waals surface area contributed by atoms with Crippen molar-refractivity contribution in [2.24, 2.45) is 4.99 Å². The Bertz CT molecular complexity index is 989. The number of benzene rings is 2. The van der Waals surface area contributed by atoms with Gasteiger partial charge in [-0.2, -0.15) is 0 Å². The number of hydrogen-bond donors (Lipinski definition) is 0. The van der Waals surface area contributed by atoms with Crippen LogP contribution in [0.25, 0.3) is 0 Å². The molecule has 2 heterocycles. The lowest BCUT2D eigenvalue weighted by Gasteiger charge is -2.36. The number of carbonyl (C=O) groups is 1. The van der Waals surface area contributed by atoms with E-state index < -0.39 is 0 Å². The van der Waals surface area contributed by atoms with Crippen molar-refractivity contribution in [3.63, 3.8) is 0 Å². The van der Waals surface area contributed by atoms with Crippen LogP contribution in [-0.2, 0) is 14.3 Å². The normalized spacial score (nSPS) is 15.7. The van der Waals surface area contributed by atoms with Crippen LogP contribution in [0.1, 0.15) is 25.3 Å². The van der Waals surface area contributed by atoms with Crippen molar-refractivity contribution in [3.05, 3.63) is 53.1 Å². The van der Waals surface area contributed by atoms with E-state index in [1.165, 1.54) is 0 Å². The molecule has 1 fully saturated rings. The van der Waals surface area contributed by atoms with Crippen molar-refractivity contribution < 1.29 is 19.0 Å². The Morgan fingerprint density at radius 3 is 2.73 bits per heavy atom. The van der Waals surface area contributed by atoms with Crippen LogP contribution in [0.5, 0.6) is 11.5 Å². The molecule has 0 aromatic heterocycles. The van der Waals surface area contributed by atoms with E-state index in [-0.39, 0.29) is 5.97 Å². The summed E-state index contributed by atoms with van der Waals surface area (Å²) in [6.45, 7) is 7.90. The fraction of sp³-hybridized carbons (Fsp3) is 0.440. The molecule has 0 bridgehead atoms. The number of fused-ring (bicyclic) bond motifs is 2. The minimum absolute atomic E-state index is 0.158. The van der Waals surface area contributed by atoms with Gasteiger partial charge in [0.2, 0.25) is 0 Å². The zero-order valence-electron chi connectivity index (χ0n) is 19.0. The molecule has 0 spiro atoms. The molecule has 8 heteroatoms. The molecule has 176 valence electrons. The van der Waals surface area contributed by atoms with E-state index in [4.69, 9.17) is 30.8 Å². The Balaban J connectivity index is 1.31. The fourth-order valence-electron chi connectivity index (χ4n) is 3.97. The van der Waals surface area contributed by atoms with E-state index in [0.717, 1.165) is 61.3 Å². The summed E-state index contributed by atoms with van der Waals surface area (Å²) in [6.07, 6.45) is 1.10. The Morgan fingerprint density at radius 1 is 1.09 bits per heavy atom. The number of para-hydroxylation sites is 2. The van der Waals surface area contributed by atoms with Gasteiger partial charge in [0.15, 0.2) is 5.75 Å². The molecular weight excluding hydrogens is 442 g/mol. The van der Waals surface area contributed by atoms with Crippen molar-refractivity contribution in [2.45, 2.75) is 19.8 Å². The van der Waals surface area contributed by atoms with Crippen LogP contribution < -0.4 is 4.74 Å². The number of carbonyl (C=O) groups excluding carboxylic acids is 1. The summed E-state index contributed by atoms with van der Waals surface area (Å²) in [4.78, 5) is 21.0. The molecule has 0 atom stereocenters. The summed E-state index contributed by atoms with van der Waals surface area (Å²) in [5.41, 5.74) is 1.73. The number of halogens is 1. The van der Waals surface area contributed by atoms with Crippen molar-refractivity contribution in [2.75, 3.05) is 52.5 Å². The SMILES string of the molecule is CCOC(=O)CCCOCCN1CCN(C2=Nc3ccccc3Oc3ccc(Cl)cc32)CC1. The lowest BCUT2D eigenvalue weighted by molar-refractivity contribution is -0.143. The van der Waals surface area contributed by atoms with Crippen LogP contribution in [0, 0.1) is 0 Å². The average Bonchev–Trinajstić information content (AvgIpc) is 2.98. The van der Waals surface area contributed by atoms with E-state index in [9.17, 15) is 4.79 Å². The molecule has 1 saturated heterocycles. The summed E-state index contributed by atoms with van der Waals surface area (Å²) in [5, 5.41) is 0.662. The number of rotatable bonds is 8. The molecule has 0 N–H and O–H groups in total. The largest absolute Gasteiger partial charge is 0.466 e. The Labute approximate surface area is 199 Å². The summed E-state index contributed by atoms with van der Waals surface area (Å²) >= 11 is 6.32. The first-order valence-electron chi connectivity index (χ1n) is 11.5. The molecular formula is C25H30ClN3O4. The number of esters is 1. The molecule has 0 amide bonds. The van der Waals surface area contributed by atoms with E-state index in [1.54, 1.807) is 0 Å². The summed E-state index contributed by atoms with van der Waals surface area (Å²) in [6, 6.07) is 13.5. The van der Waals surface area contributed by atoms with Crippen LogP contribution in [0.15, 0.2) is 47.5 Å². The van der Waals surface area contributed by atoms with E-state index in [1.807, 2.05) is 49.4 Å². The molecule has 7 nitrogen and oxygen atoms in total. The monoisotopic (exact) mass is 471 g/mol. The number of aliphatic imine (C=N–C) groups is 1. The topological polar surface area (TPSA) is 63.6 Å². The van der Waals surface area contributed by atoms with Gasteiger partial charge in [0.05, 0.1) is 18.8 Å². The molecule has 2 aliphatic rings. The van der Waals surface area contributed by atoms with Gasteiger partial charge in [-0.15, -0.1) is 0 Å². The molecule has 4 rings (SSSR count). The molecule has 0 saturated carbocycles. The number of hydrogen-bond acceptors (Lipinski definition) is 7. The quantitative estimate of drug-likeness (QED) is 0.417. The highest BCUT2D eigenvalue weighted by Gasteiger charge is 2.26. The maximum absolute atomic E-state index is 11.4. The van der Waals surface area contributed by atoms with Gasteiger partial charge in [0.1, 0.15) is 17.3 Å². The Morgan fingerprint density at radius 2 is 1.91 bits per heavy atom. The molecule has 2 aromatic carbocycles. The van der Waals surface area contributed by atoms with E-state index in [2.05, 4.69) is 9.80 Å². The van der Waals surface area contributed by atoms with Crippen LogP contribution in [0.2, 0.25) is 5.02 Å². The van der Waals surface area contributed by atoms with Crippen LogP contribution in [-0.4, -0.2) is 74.1 Å². The van der Waals surface area contributed by atoms with Crippen molar-refractivity contribution >= 4 is 29.1 Å². The standard InChI is InChI=1S/C25H30ClN3O4/c1-2-32-24(30)8-5-16-31-17-15-28-11-13-29(14-12-28)25-20-18-19(26)9-10-22(20)33-23-7-4-3-6-21(23)27-25/h3-4,6-7,9-10,18H,2,5,8,11-17H2,1H3. The van der Waals surface area contributed by atoms with Crippen molar-refractivity contribution in [3.8, 4) is 11.5 Å². The highest BCUT2D eigenvalue weighted by atomic mass is 35.5. The maximum atomic E-state index is 11.4. The molecule has 0 radical (unpaired) electrons. The zero-order chi connectivity index (χ0) is 23.0. The van der Waals surface area contributed by atoms with Crippen LogP contribution in [0.3, 0.4) is 0 Å². The maximum Gasteiger partial charge on any atom is 0.305 e. The van der Waals surface area contributed by atoms with Gasteiger partial charge in [-0.05, 0) is 43.7 Å². The van der Waals surface area contributed by atoms with Gasteiger partial charge >= 0.3 is 5.97 Å². The Kier molecular flexibility index (Phi) is 8.20. The molecule has 0 aliphatic carbocycles. The first-order chi connectivity index (χ1) is 16.1. The van der Waals surface area contributed by atoms with Crippen molar-refractivity contribution in [1.29, 1.82) is 0 Å². The third-order valence-electron chi connectivity index (χ3n) is 5.69. The highest BCUT2D eigenvalue weighted by molar-refractivity contribution is 6.31. The van der Waals surface area contributed by atoms with E-state index in [0.29, 0.717) is 37.7 Å². The number of ether oxygens (including phenoxy) is 3. The zero-order valence-corrected chi connectivity index (χ0v) is 19.7. The summed E-state index contributed by atoms with van der Waals surface area (Å²) in [7, 11) is 0. The number of nitrogens with zero attached hydrogens (tertiary/aromatic N) is 3. The lowest BCUT2D eigenvalue weighted by atomic mass is 10.1. The van der Waals surface area contributed by atoms with Gasteiger partial charge in [-0.3, -0.25) is 9.69 Å². The highest BCUT2D eigenvalue weighted by Crippen LogP contribution is 2.38.